The molecule has 1 saturated heterocycles. The number of esters is 1. The van der Waals surface area contributed by atoms with E-state index in [2.05, 4.69) is 10.1 Å². The normalized spacial score (nSPS) is 28.8. The molecule has 3 atom stereocenters. The Morgan fingerprint density at radius 3 is 2.75 bits per heavy atom. The second kappa shape index (κ2) is 5.78. The fourth-order valence-electron chi connectivity index (χ4n) is 1.44. The van der Waals surface area contributed by atoms with Gasteiger partial charge in [0.25, 0.3) is 0 Å². The monoisotopic (exact) mass is 233 g/mol. The lowest BCUT2D eigenvalue weighted by Crippen LogP contribution is -2.47. The van der Waals surface area contributed by atoms with Crippen molar-refractivity contribution in [1.29, 1.82) is 0 Å². The number of hydrogen-bond donors (Lipinski definition) is 2. The maximum atomic E-state index is 11.2. The van der Waals surface area contributed by atoms with Gasteiger partial charge in [0.1, 0.15) is 12.2 Å². The van der Waals surface area contributed by atoms with Gasteiger partial charge in [-0.1, -0.05) is 0 Å². The molecule has 0 radical (unpaired) electrons. The predicted octanol–water partition coefficient (Wildman–Crippen LogP) is -1.95. The Morgan fingerprint density at radius 1 is 1.50 bits per heavy atom. The lowest BCUT2D eigenvalue weighted by Gasteiger charge is -2.17. The number of rotatable bonds is 3. The molecule has 0 bridgehead atoms. The van der Waals surface area contributed by atoms with Gasteiger partial charge in [0, 0.05) is 7.11 Å². The summed E-state index contributed by atoms with van der Waals surface area (Å²) in [6, 6.07) is -0.619. The highest BCUT2D eigenvalue weighted by atomic mass is 16.5. The van der Waals surface area contributed by atoms with Crippen LogP contribution in [0.3, 0.4) is 0 Å². The highest BCUT2D eigenvalue weighted by molar-refractivity contribution is 6.32. The molecule has 7 heteroatoms. The van der Waals surface area contributed by atoms with Crippen molar-refractivity contribution in [2.45, 2.75) is 18.2 Å². The van der Waals surface area contributed by atoms with Crippen molar-refractivity contribution in [1.82, 2.24) is 5.32 Å². The van der Waals surface area contributed by atoms with Crippen LogP contribution in [0.1, 0.15) is 0 Å². The summed E-state index contributed by atoms with van der Waals surface area (Å²) in [5.74, 6) is -1.89. The molecule has 1 aliphatic heterocycles. The van der Waals surface area contributed by atoms with Crippen molar-refractivity contribution in [3.8, 4) is 0 Å². The van der Waals surface area contributed by atoms with Crippen LogP contribution in [-0.2, 0) is 23.8 Å². The Balaban J connectivity index is 2.45. The van der Waals surface area contributed by atoms with E-state index in [4.69, 9.17) is 9.47 Å². The first-order chi connectivity index (χ1) is 7.60. The number of ether oxygens (including phenoxy) is 3. The molecule has 1 aliphatic rings. The summed E-state index contributed by atoms with van der Waals surface area (Å²) < 4.78 is 14.3. The molecule has 0 aliphatic carbocycles. The number of methoxy groups -OCH3 is 2. The third kappa shape index (κ3) is 2.91. The van der Waals surface area contributed by atoms with E-state index in [-0.39, 0.29) is 13.2 Å². The molecule has 0 saturated carbocycles. The predicted molar refractivity (Wildman–Crippen MR) is 51.6 cm³/mol. The van der Waals surface area contributed by atoms with E-state index in [0.29, 0.717) is 0 Å². The van der Waals surface area contributed by atoms with Gasteiger partial charge in [-0.25, -0.2) is 4.79 Å². The van der Waals surface area contributed by atoms with Crippen LogP contribution in [0.15, 0.2) is 0 Å². The summed E-state index contributed by atoms with van der Waals surface area (Å²) in [6.45, 7) is 0.365. The fourth-order valence-corrected chi connectivity index (χ4v) is 1.44. The van der Waals surface area contributed by atoms with Crippen molar-refractivity contribution in [2.24, 2.45) is 0 Å². The van der Waals surface area contributed by atoms with E-state index in [1.54, 1.807) is 0 Å². The van der Waals surface area contributed by atoms with E-state index in [1.165, 1.54) is 7.11 Å². The van der Waals surface area contributed by atoms with Crippen LogP contribution in [0.25, 0.3) is 0 Å². The molecular weight excluding hydrogens is 218 g/mol. The van der Waals surface area contributed by atoms with E-state index in [9.17, 15) is 14.7 Å². The van der Waals surface area contributed by atoms with Gasteiger partial charge < -0.3 is 24.6 Å². The molecule has 16 heavy (non-hydrogen) atoms. The highest BCUT2D eigenvalue weighted by Gasteiger charge is 2.37. The Hall–Kier alpha value is -1.18. The third-order valence-corrected chi connectivity index (χ3v) is 2.30. The number of hydrogen-bond acceptors (Lipinski definition) is 6. The molecule has 1 fully saturated rings. The summed E-state index contributed by atoms with van der Waals surface area (Å²) >= 11 is 0. The molecule has 0 spiro atoms. The first-order valence-corrected chi connectivity index (χ1v) is 4.77. The minimum Gasteiger partial charge on any atom is -0.462 e. The smallest absolute Gasteiger partial charge is 0.396 e. The molecular formula is C9H15NO6. The topological polar surface area (TPSA) is 94.1 Å². The minimum atomic E-state index is -0.998. The van der Waals surface area contributed by atoms with Crippen LogP contribution < -0.4 is 5.32 Å². The van der Waals surface area contributed by atoms with Crippen molar-refractivity contribution in [3.05, 3.63) is 0 Å². The third-order valence-electron chi connectivity index (χ3n) is 2.30. The number of carbonyl (C=O) groups excluding carboxylic acids is 2. The van der Waals surface area contributed by atoms with E-state index < -0.39 is 30.1 Å². The Kier molecular flexibility index (Phi) is 4.66. The SMILES string of the molecule is COC[C@H]1OCC(NC(=O)C(=O)OC)[C@H]1O. The highest BCUT2D eigenvalue weighted by Crippen LogP contribution is 2.14. The van der Waals surface area contributed by atoms with E-state index >= 15 is 0 Å². The van der Waals surface area contributed by atoms with Crippen LogP contribution in [-0.4, -0.2) is 62.7 Å². The Morgan fingerprint density at radius 2 is 2.19 bits per heavy atom. The molecule has 92 valence electrons. The maximum Gasteiger partial charge on any atom is 0.396 e. The minimum absolute atomic E-state index is 0.137. The quantitative estimate of drug-likeness (QED) is 0.434. The molecule has 0 aromatic carbocycles. The van der Waals surface area contributed by atoms with Crippen LogP contribution in [0.5, 0.6) is 0 Å². The summed E-state index contributed by atoms with van der Waals surface area (Å²) in [5, 5.41) is 12.0. The lowest BCUT2D eigenvalue weighted by molar-refractivity contribution is -0.153. The summed E-state index contributed by atoms with van der Waals surface area (Å²) in [6.07, 6.45) is -1.39. The summed E-state index contributed by atoms with van der Waals surface area (Å²) in [4.78, 5) is 22.0. The van der Waals surface area contributed by atoms with Gasteiger partial charge in [0.05, 0.1) is 26.4 Å². The standard InChI is InChI=1S/C9H15NO6/c1-14-4-6-7(11)5(3-16-6)10-8(12)9(13)15-2/h5-7,11H,3-4H2,1-2H3,(H,10,12)/t5?,6-,7-/m1/s1. The van der Waals surface area contributed by atoms with Crippen LogP contribution in [0.2, 0.25) is 0 Å². The molecule has 1 unspecified atom stereocenters. The van der Waals surface area contributed by atoms with Gasteiger partial charge in [-0.3, -0.25) is 4.79 Å². The average molecular weight is 233 g/mol. The van der Waals surface area contributed by atoms with E-state index in [0.717, 1.165) is 7.11 Å². The van der Waals surface area contributed by atoms with Crippen molar-refractivity contribution in [3.63, 3.8) is 0 Å². The van der Waals surface area contributed by atoms with Crippen molar-refractivity contribution >= 4 is 11.9 Å². The van der Waals surface area contributed by atoms with Crippen LogP contribution >= 0.6 is 0 Å². The number of aliphatic hydroxyl groups excluding tert-OH is 1. The van der Waals surface area contributed by atoms with Crippen molar-refractivity contribution < 1.29 is 28.9 Å². The van der Waals surface area contributed by atoms with Crippen LogP contribution in [0, 0.1) is 0 Å². The Labute approximate surface area is 92.7 Å². The number of amides is 1. The largest absolute Gasteiger partial charge is 0.462 e. The van der Waals surface area contributed by atoms with Crippen molar-refractivity contribution in [2.75, 3.05) is 27.4 Å². The maximum absolute atomic E-state index is 11.2. The molecule has 7 nitrogen and oxygen atoms in total. The van der Waals surface area contributed by atoms with Gasteiger partial charge in [-0.15, -0.1) is 0 Å². The zero-order chi connectivity index (χ0) is 12.1. The molecule has 0 aromatic rings. The second-order valence-corrected chi connectivity index (χ2v) is 3.39. The molecule has 0 aromatic heterocycles. The van der Waals surface area contributed by atoms with E-state index in [1.807, 2.05) is 0 Å². The van der Waals surface area contributed by atoms with Gasteiger partial charge in [0.2, 0.25) is 0 Å². The van der Waals surface area contributed by atoms with Gasteiger partial charge in [-0.05, 0) is 0 Å². The fraction of sp³-hybridized carbons (Fsp3) is 0.778. The van der Waals surface area contributed by atoms with Gasteiger partial charge in [0.15, 0.2) is 0 Å². The zero-order valence-electron chi connectivity index (χ0n) is 9.13. The summed E-state index contributed by atoms with van der Waals surface area (Å²) in [7, 11) is 2.59. The number of aliphatic hydroxyl groups is 1. The first-order valence-electron chi connectivity index (χ1n) is 4.77. The number of carbonyl (C=O) groups is 2. The number of nitrogens with one attached hydrogen (secondary N) is 1. The van der Waals surface area contributed by atoms with Gasteiger partial charge >= 0.3 is 11.9 Å². The summed E-state index contributed by atoms with van der Waals surface area (Å²) in [5.41, 5.74) is 0. The molecule has 2 N–H and O–H groups in total. The molecule has 1 amide bonds. The molecule has 1 heterocycles. The first kappa shape index (κ1) is 12.9. The van der Waals surface area contributed by atoms with Crippen LogP contribution in [0.4, 0.5) is 0 Å². The molecule has 1 rings (SSSR count). The zero-order valence-corrected chi connectivity index (χ0v) is 9.13. The lowest BCUT2D eigenvalue weighted by atomic mass is 10.1. The second-order valence-electron chi connectivity index (χ2n) is 3.39. The van der Waals surface area contributed by atoms with Gasteiger partial charge in [-0.2, -0.15) is 0 Å². The average Bonchev–Trinajstić information content (AvgIpc) is 2.61. The Bertz CT molecular complexity index is 269.